The molecule has 0 atom stereocenters. The summed E-state index contributed by atoms with van der Waals surface area (Å²) in [6, 6.07) is 36.1. The third kappa shape index (κ3) is 7.70. The number of benzene rings is 6. The lowest BCUT2D eigenvalue weighted by molar-refractivity contribution is 0.381. The molecule has 0 saturated carbocycles. The van der Waals surface area contributed by atoms with Gasteiger partial charge in [0.2, 0.25) is 11.6 Å². The van der Waals surface area contributed by atoms with E-state index >= 15 is 0 Å². The van der Waals surface area contributed by atoms with E-state index in [9.17, 15) is 43.9 Å². The highest BCUT2D eigenvalue weighted by atomic mass is 19.2. The van der Waals surface area contributed by atoms with Crippen LogP contribution in [0.3, 0.4) is 0 Å². The van der Waals surface area contributed by atoms with Gasteiger partial charge in [0.05, 0.1) is 11.1 Å². The van der Waals surface area contributed by atoms with Crippen molar-refractivity contribution in [2.24, 2.45) is 0 Å². The average molecular weight is 889 g/mol. The van der Waals surface area contributed by atoms with E-state index in [0.29, 0.717) is 56.8 Å². The third-order valence-corrected chi connectivity index (χ3v) is 10.5. The SMILES string of the molecule is Fc1c(F)c(F)c(-c2ccc(N(c3ccncc3)c3ccc(-c4ccc(-c5ccc(N(c6ccncc6)c6ccc(-c7c(F)c(F)c(F)c(F)c7F)cc6)cc5)o4)cc3)cc2)c(F)c1F. The molecule has 0 fully saturated rings. The van der Waals surface area contributed by atoms with Crippen LogP contribution in [-0.2, 0) is 0 Å². The number of halogens is 10. The Labute approximate surface area is 362 Å². The van der Waals surface area contributed by atoms with Crippen molar-refractivity contribution in [1.29, 1.82) is 0 Å². The monoisotopic (exact) mass is 888 g/mol. The van der Waals surface area contributed by atoms with Crippen LogP contribution in [0.15, 0.2) is 163 Å². The van der Waals surface area contributed by atoms with Crippen molar-refractivity contribution in [1.82, 2.24) is 9.97 Å². The minimum atomic E-state index is -2.24. The summed E-state index contributed by atoms with van der Waals surface area (Å²) in [6.07, 6.45) is 6.29. The summed E-state index contributed by atoms with van der Waals surface area (Å²) in [6.45, 7) is 0. The number of anilines is 6. The Kier molecular flexibility index (Phi) is 11.1. The number of hydrogen-bond donors (Lipinski definition) is 0. The van der Waals surface area contributed by atoms with Crippen LogP contribution in [0.4, 0.5) is 78.0 Å². The van der Waals surface area contributed by atoms with E-state index in [0.717, 1.165) is 0 Å². The Hall–Kier alpha value is -8.20. The number of pyridine rings is 2. The van der Waals surface area contributed by atoms with Crippen molar-refractivity contribution >= 4 is 34.1 Å². The highest BCUT2D eigenvalue weighted by Crippen LogP contribution is 2.41. The van der Waals surface area contributed by atoms with Gasteiger partial charge in [-0.05, 0) is 120 Å². The fourth-order valence-corrected chi connectivity index (χ4v) is 7.35. The quantitative estimate of drug-likeness (QED) is 0.0778. The molecule has 5 nitrogen and oxygen atoms in total. The second-order valence-corrected chi connectivity index (χ2v) is 14.3. The topological polar surface area (TPSA) is 45.4 Å². The van der Waals surface area contributed by atoms with Gasteiger partial charge in [0.15, 0.2) is 46.5 Å². The summed E-state index contributed by atoms with van der Waals surface area (Å²) in [4.78, 5) is 11.8. The number of hydrogen-bond acceptors (Lipinski definition) is 5. The molecule has 0 aliphatic rings. The van der Waals surface area contributed by atoms with E-state index in [1.54, 1.807) is 71.0 Å². The van der Waals surface area contributed by atoms with Crippen LogP contribution in [0.5, 0.6) is 0 Å². The number of aromatic nitrogens is 2. The molecule has 0 saturated heterocycles. The van der Waals surface area contributed by atoms with Crippen LogP contribution < -0.4 is 9.80 Å². The van der Waals surface area contributed by atoms with E-state index in [1.807, 2.05) is 48.5 Å². The van der Waals surface area contributed by atoms with Gasteiger partial charge in [-0.15, -0.1) is 0 Å². The lowest BCUT2D eigenvalue weighted by atomic mass is 10.0. The first kappa shape index (κ1) is 42.1. The molecule has 0 N–H and O–H groups in total. The highest BCUT2D eigenvalue weighted by molar-refractivity contribution is 5.81. The maximum atomic E-state index is 14.6. The second kappa shape index (κ2) is 17.2. The summed E-state index contributed by atoms with van der Waals surface area (Å²) < 4.78 is 148. The standard InChI is InChI=1S/C50H26F10N4O/c51-41-39(42(52)46(56)49(59)45(41)55)29-5-13-33(14-6-29)63(35-19-23-61-24-20-35)31-9-1-27(2-10-31)37-17-18-38(65-37)28-3-11-32(12-4-28)64(36-21-25-62-26-22-36)34-15-7-30(8-16-34)40-43(53)47(57)50(60)48(58)44(40)54/h1-26H. The first-order valence-corrected chi connectivity index (χ1v) is 19.4. The van der Waals surface area contributed by atoms with Crippen molar-refractivity contribution in [3.05, 3.63) is 216 Å². The number of nitrogens with zero attached hydrogens (tertiary/aromatic N) is 4. The van der Waals surface area contributed by atoms with E-state index in [-0.39, 0.29) is 11.1 Å². The molecule has 0 spiro atoms. The summed E-state index contributed by atoms with van der Waals surface area (Å²) >= 11 is 0. The maximum Gasteiger partial charge on any atom is 0.200 e. The Morgan fingerprint density at radius 1 is 0.262 bits per heavy atom. The van der Waals surface area contributed by atoms with Crippen LogP contribution in [0, 0.1) is 58.2 Å². The Morgan fingerprint density at radius 2 is 0.492 bits per heavy atom. The predicted octanol–water partition coefficient (Wildman–Crippen LogP) is 15.1. The van der Waals surface area contributed by atoms with Crippen molar-refractivity contribution in [3.63, 3.8) is 0 Å². The normalized spacial score (nSPS) is 11.2. The van der Waals surface area contributed by atoms with Crippen LogP contribution in [0.2, 0.25) is 0 Å². The van der Waals surface area contributed by atoms with Crippen molar-refractivity contribution in [2.45, 2.75) is 0 Å². The Bertz CT molecular complexity index is 2910. The Morgan fingerprint density at radius 3 is 0.769 bits per heavy atom. The molecular weight excluding hydrogens is 863 g/mol. The summed E-state index contributed by atoms with van der Waals surface area (Å²) in [7, 11) is 0. The Balaban J connectivity index is 0.972. The molecule has 15 heteroatoms. The van der Waals surface area contributed by atoms with Gasteiger partial charge < -0.3 is 14.2 Å². The fourth-order valence-electron chi connectivity index (χ4n) is 7.35. The molecule has 322 valence electrons. The summed E-state index contributed by atoms with van der Waals surface area (Å²) in [5.41, 5.74) is 2.53. The van der Waals surface area contributed by atoms with Crippen LogP contribution in [-0.4, -0.2) is 9.97 Å². The fraction of sp³-hybridized carbons (Fsp3) is 0. The first-order chi connectivity index (χ1) is 31.4. The lowest BCUT2D eigenvalue weighted by Crippen LogP contribution is -2.10. The predicted molar refractivity (Wildman–Crippen MR) is 225 cm³/mol. The van der Waals surface area contributed by atoms with Gasteiger partial charge in [0.25, 0.3) is 0 Å². The van der Waals surface area contributed by atoms with Gasteiger partial charge >= 0.3 is 0 Å². The largest absolute Gasteiger partial charge is 0.456 e. The molecule has 0 unspecified atom stereocenters. The number of rotatable bonds is 10. The zero-order chi connectivity index (χ0) is 45.5. The summed E-state index contributed by atoms with van der Waals surface area (Å²) in [5, 5.41) is 0. The van der Waals surface area contributed by atoms with Crippen molar-refractivity contribution < 1.29 is 48.3 Å². The van der Waals surface area contributed by atoms with Crippen LogP contribution in [0.1, 0.15) is 0 Å². The molecule has 0 aliphatic heterocycles. The number of furan rings is 1. The van der Waals surface area contributed by atoms with Gasteiger partial charge in [-0.2, -0.15) is 0 Å². The first-order valence-electron chi connectivity index (χ1n) is 19.4. The van der Waals surface area contributed by atoms with Gasteiger partial charge in [-0.1, -0.05) is 24.3 Å². The zero-order valence-corrected chi connectivity index (χ0v) is 33.0. The average Bonchev–Trinajstić information content (AvgIpc) is 3.84. The minimum Gasteiger partial charge on any atom is -0.456 e. The molecule has 65 heavy (non-hydrogen) atoms. The van der Waals surface area contributed by atoms with E-state index in [1.165, 1.54) is 48.5 Å². The lowest BCUT2D eigenvalue weighted by Gasteiger charge is -2.25. The van der Waals surface area contributed by atoms with E-state index < -0.39 is 69.3 Å². The highest BCUT2D eigenvalue weighted by Gasteiger charge is 2.28. The molecular formula is C50H26F10N4O. The van der Waals surface area contributed by atoms with Crippen molar-refractivity contribution in [3.8, 4) is 44.9 Å². The molecule has 6 aromatic carbocycles. The van der Waals surface area contributed by atoms with Crippen LogP contribution >= 0.6 is 0 Å². The second-order valence-electron chi connectivity index (χ2n) is 14.3. The van der Waals surface area contributed by atoms with Gasteiger partial charge in [0, 0.05) is 70.0 Å². The molecule has 0 radical (unpaired) electrons. The van der Waals surface area contributed by atoms with Gasteiger partial charge in [-0.3, -0.25) is 9.97 Å². The summed E-state index contributed by atoms with van der Waals surface area (Å²) in [5.74, 6) is -19.3. The van der Waals surface area contributed by atoms with Crippen molar-refractivity contribution in [2.75, 3.05) is 9.80 Å². The zero-order valence-electron chi connectivity index (χ0n) is 33.0. The molecule has 0 amide bonds. The third-order valence-electron chi connectivity index (χ3n) is 10.5. The minimum absolute atomic E-state index is 0.216. The molecule has 0 bridgehead atoms. The molecule has 9 rings (SSSR count). The van der Waals surface area contributed by atoms with E-state index in [2.05, 4.69) is 9.97 Å². The van der Waals surface area contributed by atoms with Crippen LogP contribution in [0.25, 0.3) is 44.9 Å². The van der Waals surface area contributed by atoms with Gasteiger partial charge in [-0.25, -0.2) is 43.9 Å². The smallest absolute Gasteiger partial charge is 0.200 e. The molecule has 0 aliphatic carbocycles. The maximum absolute atomic E-state index is 14.6. The molecule has 3 aromatic heterocycles. The van der Waals surface area contributed by atoms with E-state index in [4.69, 9.17) is 4.42 Å². The molecule has 3 heterocycles. The van der Waals surface area contributed by atoms with Gasteiger partial charge in [0.1, 0.15) is 11.5 Å². The molecule has 9 aromatic rings.